The van der Waals surface area contributed by atoms with Crippen LogP contribution >= 0.6 is 27.3 Å². The highest BCUT2D eigenvalue weighted by atomic mass is 79.9. The molecule has 0 atom stereocenters. The van der Waals surface area contributed by atoms with Crippen LogP contribution in [0.4, 0.5) is 0 Å². The fraction of sp³-hybridized carbons (Fsp3) is 0.167. The van der Waals surface area contributed by atoms with E-state index in [9.17, 15) is 4.79 Å². The number of benzene rings is 3. The Morgan fingerprint density at radius 1 is 1.00 bits per heavy atom. The zero-order valence-electron chi connectivity index (χ0n) is 16.1. The molecule has 0 spiro atoms. The molecule has 4 rings (SSSR count). The first-order chi connectivity index (χ1) is 14.2. The van der Waals surface area contributed by atoms with Crippen molar-refractivity contribution in [1.82, 2.24) is 4.57 Å². The van der Waals surface area contributed by atoms with Crippen LogP contribution in [-0.2, 0) is 11.3 Å². The molecule has 0 unspecified atom stereocenters. The van der Waals surface area contributed by atoms with Crippen LogP contribution in [0.25, 0.3) is 10.2 Å². The van der Waals surface area contributed by atoms with Crippen molar-refractivity contribution in [3.8, 4) is 0 Å². The molecule has 0 aliphatic rings. The van der Waals surface area contributed by atoms with E-state index in [1.807, 2.05) is 66.7 Å². The molecule has 0 fully saturated rings. The summed E-state index contributed by atoms with van der Waals surface area (Å²) < 4.78 is 4.30. The number of aromatic nitrogens is 1. The van der Waals surface area contributed by atoms with Crippen LogP contribution in [0.5, 0.6) is 0 Å². The summed E-state index contributed by atoms with van der Waals surface area (Å²) in [6.45, 7) is 2.97. The van der Waals surface area contributed by atoms with Gasteiger partial charge in [0.2, 0.25) is 0 Å². The van der Waals surface area contributed by atoms with Crippen molar-refractivity contribution in [1.29, 1.82) is 0 Å². The largest absolute Gasteiger partial charge is 0.316 e. The number of carbonyl (C=O) groups is 1. The molecular weight excluding hydrogens is 444 g/mol. The van der Waals surface area contributed by atoms with Gasteiger partial charge in [-0.2, -0.15) is 4.99 Å². The number of amides is 1. The van der Waals surface area contributed by atoms with Gasteiger partial charge in [0.15, 0.2) is 4.80 Å². The van der Waals surface area contributed by atoms with Crippen LogP contribution in [0.1, 0.15) is 30.4 Å². The predicted molar refractivity (Wildman–Crippen MR) is 123 cm³/mol. The van der Waals surface area contributed by atoms with Gasteiger partial charge in [-0.05, 0) is 35.7 Å². The summed E-state index contributed by atoms with van der Waals surface area (Å²) >= 11 is 5.10. The minimum atomic E-state index is -0.413. The number of hydrogen-bond acceptors (Lipinski definition) is 2. The van der Waals surface area contributed by atoms with Gasteiger partial charge in [-0.3, -0.25) is 4.79 Å². The Morgan fingerprint density at radius 3 is 2.21 bits per heavy atom. The maximum absolute atomic E-state index is 13.4. The maximum Gasteiger partial charge on any atom is 0.260 e. The quantitative estimate of drug-likeness (QED) is 0.349. The van der Waals surface area contributed by atoms with Crippen LogP contribution in [0, 0.1) is 0 Å². The molecule has 0 radical (unpaired) electrons. The molecule has 3 nitrogen and oxygen atoms in total. The second-order valence-electron chi connectivity index (χ2n) is 6.85. The van der Waals surface area contributed by atoms with Gasteiger partial charge in [-0.1, -0.05) is 94.9 Å². The molecule has 1 amide bonds. The lowest BCUT2D eigenvalue weighted by molar-refractivity contribution is -0.118. The molecule has 0 bridgehead atoms. The lowest BCUT2D eigenvalue weighted by Gasteiger charge is -2.14. The SMILES string of the molecule is CCCn1c(=NC(=O)C(c2ccccc2)c2ccccc2)sc2cc(Br)ccc21. The second kappa shape index (κ2) is 8.89. The second-order valence-corrected chi connectivity index (χ2v) is 8.78. The molecule has 0 saturated heterocycles. The first-order valence-corrected chi connectivity index (χ1v) is 11.3. The highest BCUT2D eigenvalue weighted by molar-refractivity contribution is 9.10. The molecule has 5 heteroatoms. The van der Waals surface area contributed by atoms with Crippen molar-refractivity contribution in [2.45, 2.75) is 25.8 Å². The molecule has 3 aromatic carbocycles. The van der Waals surface area contributed by atoms with Crippen LogP contribution in [0.3, 0.4) is 0 Å². The third-order valence-electron chi connectivity index (χ3n) is 4.81. The molecule has 29 heavy (non-hydrogen) atoms. The number of hydrogen-bond donors (Lipinski definition) is 0. The predicted octanol–water partition coefficient (Wildman–Crippen LogP) is 6.13. The van der Waals surface area contributed by atoms with Gasteiger partial charge in [0, 0.05) is 11.0 Å². The van der Waals surface area contributed by atoms with E-state index in [1.165, 1.54) is 0 Å². The van der Waals surface area contributed by atoms with Gasteiger partial charge in [0.25, 0.3) is 5.91 Å². The number of aryl methyl sites for hydroxylation is 1. The molecule has 0 aliphatic carbocycles. The number of thiazole rings is 1. The molecule has 0 saturated carbocycles. The van der Waals surface area contributed by atoms with E-state index >= 15 is 0 Å². The molecule has 0 N–H and O–H groups in total. The Bertz CT molecular complexity index is 1160. The third-order valence-corrected chi connectivity index (χ3v) is 6.35. The number of nitrogens with zero attached hydrogens (tertiary/aromatic N) is 2. The molecule has 1 aromatic heterocycles. The summed E-state index contributed by atoms with van der Waals surface area (Å²) in [5.41, 5.74) is 3.03. The van der Waals surface area contributed by atoms with Crippen molar-refractivity contribution < 1.29 is 4.79 Å². The number of fused-ring (bicyclic) bond motifs is 1. The average molecular weight is 465 g/mol. The highest BCUT2D eigenvalue weighted by Crippen LogP contribution is 2.27. The Labute approximate surface area is 182 Å². The Balaban J connectivity index is 1.85. The number of halogens is 1. The normalized spacial score (nSPS) is 12.0. The lowest BCUT2D eigenvalue weighted by atomic mass is 9.91. The van der Waals surface area contributed by atoms with Gasteiger partial charge >= 0.3 is 0 Å². The van der Waals surface area contributed by atoms with Crippen molar-refractivity contribution in [3.05, 3.63) is 99.3 Å². The topological polar surface area (TPSA) is 34.4 Å². The smallest absolute Gasteiger partial charge is 0.260 e. The number of rotatable bonds is 5. The van der Waals surface area contributed by atoms with Crippen molar-refractivity contribution in [2.24, 2.45) is 4.99 Å². The summed E-state index contributed by atoms with van der Waals surface area (Å²) in [6, 6.07) is 26.0. The first-order valence-electron chi connectivity index (χ1n) is 9.64. The Morgan fingerprint density at radius 2 is 1.62 bits per heavy atom. The van der Waals surface area contributed by atoms with Crippen molar-refractivity contribution >= 4 is 43.4 Å². The van der Waals surface area contributed by atoms with Gasteiger partial charge in [-0.25, -0.2) is 0 Å². The van der Waals surface area contributed by atoms with Crippen LogP contribution in [0.15, 0.2) is 88.3 Å². The van der Waals surface area contributed by atoms with Crippen molar-refractivity contribution in [3.63, 3.8) is 0 Å². The lowest BCUT2D eigenvalue weighted by Crippen LogP contribution is -2.20. The zero-order chi connectivity index (χ0) is 20.2. The van der Waals surface area contributed by atoms with E-state index in [4.69, 9.17) is 0 Å². The maximum atomic E-state index is 13.4. The van der Waals surface area contributed by atoms with E-state index in [0.717, 1.165) is 43.6 Å². The van der Waals surface area contributed by atoms with Gasteiger partial charge in [0.1, 0.15) is 0 Å². The van der Waals surface area contributed by atoms with Gasteiger partial charge in [0.05, 0.1) is 16.1 Å². The Kier molecular flexibility index (Phi) is 6.07. The van der Waals surface area contributed by atoms with Gasteiger partial charge in [-0.15, -0.1) is 0 Å². The molecular formula is C24H21BrN2OS. The van der Waals surface area contributed by atoms with Crippen LogP contribution < -0.4 is 4.80 Å². The fourth-order valence-corrected chi connectivity index (χ4v) is 5.11. The van der Waals surface area contributed by atoms with E-state index in [-0.39, 0.29) is 5.91 Å². The highest BCUT2D eigenvalue weighted by Gasteiger charge is 2.22. The number of carbonyl (C=O) groups excluding carboxylic acids is 1. The van der Waals surface area contributed by atoms with Crippen LogP contribution in [0.2, 0.25) is 0 Å². The van der Waals surface area contributed by atoms with Gasteiger partial charge < -0.3 is 4.57 Å². The summed E-state index contributed by atoms with van der Waals surface area (Å²) in [5.74, 6) is -0.553. The van der Waals surface area contributed by atoms with E-state index < -0.39 is 5.92 Å². The molecule has 146 valence electrons. The minimum absolute atomic E-state index is 0.141. The fourth-order valence-electron chi connectivity index (χ4n) is 3.50. The summed E-state index contributed by atoms with van der Waals surface area (Å²) in [4.78, 5) is 18.8. The van der Waals surface area contributed by atoms with Crippen molar-refractivity contribution in [2.75, 3.05) is 0 Å². The first kappa shape index (κ1) is 19.8. The van der Waals surface area contributed by atoms with Crippen LogP contribution in [-0.4, -0.2) is 10.5 Å². The standard InChI is InChI=1S/C24H21BrN2OS/c1-2-15-27-20-14-13-19(25)16-21(20)29-24(27)26-23(28)22(17-9-5-3-6-10-17)18-11-7-4-8-12-18/h3-14,16,22H,2,15H2,1H3. The summed E-state index contributed by atoms with van der Waals surface area (Å²) in [5, 5.41) is 0. The summed E-state index contributed by atoms with van der Waals surface area (Å²) in [7, 11) is 0. The molecule has 4 aromatic rings. The van der Waals surface area contributed by atoms with E-state index in [2.05, 4.69) is 44.5 Å². The third kappa shape index (κ3) is 4.26. The molecule has 0 aliphatic heterocycles. The van der Waals surface area contributed by atoms with E-state index in [0.29, 0.717) is 0 Å². The minimum Gasteiger partial charge on any atom is -0.316 e. The van der Waals surface area contributed by atoms with E-state index in [1.54, 1.807) is 11.3 Å². The Hall–Kier alpha value is -2.50. The zero-order valence-corrected chi connectivity index (χ0v) is 18.5. The summed E-state index contributed by atoms with van der Waals surface area (Å²) in [6.07, 6.45) is 0.976. The monoisotopic (exact) mass is 464 g/mol. The average Bonchev–Trinajstić information content (AvgIpc) is 3.06. The molecule has 1 heterocycles.